The molecule has 1 aromatic rings. The summed E-state index contributed by atoms with van der Waals surface area (Å²) < 4.78 is 35.5. The molecular weight excluding hydrogens is 408 g/mol. The van der Waals surface area contributed by atoms with E-state index in [4.69, 9.17) is 21.9 Å². The minimum atomic E-state index is -5.25. The van der Waals surface area contributed by atoms with Crippen LogP contribution in [0.1, 0.15) is 5.56 Å². The van der Waals surface area contributed by atoms with Crippen LogP contribution in [0.5, 0.6) is 5.88 Å². The van der Waals surface area contributed by atoms with Crippen molar-refractivity contribution in [2.45, 2.75) is 31.3 Å². The summed E-state index contributed by atoms with van der Waals surface area (Å²) >= 11 is 4.86. The minimum Gasteiger partial charge on any atom is -0.494 e. The van der Waals surface area contributed by atoms with Crippen LogP contribution in [0.15, 0.2) is 17.4 Å². The Morgan fingerprint density at radius 2 is 2.00 bits per heavy atom. The molecule has 0 aliphatic carbocycles. The van der Waals surface area contributed by atoms with Crippen molar-refractivity contribution in [2.24, 2.45) is 0 Å². The van der Waals surface area contributed by atoms with Crippen LogP contribution in [0.3, 0.4) is 0 Å². The number of carbonyl (C=O) groups is 1. The molecule has 1 aromatic heterocycles. The average molecular weight is 426 g/mol. The fourth-order valence-electron chi connectivity index (χ4n) is 2.08. The number of aromatic amines is 1. The Morgan fingerprint density at radius 3 is 2.48 bits per heavy atom. The number of aromatic hydroxyl groups is 1. The van der Waals surface area contributed by atoms with Gasteiger partial charge in [-0.1, -0.05) is 6.08 Å². The zero-order valence-electron chi connectivity index (χ0n) is 13.7. The number of Topliss-reactive ketones (excluding diaryl/α,β-unsaturated/α-hetero) is 1. The van der Waals surface area contributed by atoms with Crippen molar-refractivity contribution in [3.8, 4) is 5.88 Å². The molecule has 1 rings (SSSR count). The molecule has 12 nitrogen and oxygen atoms in total. The van der Waals surface area contributed by atoms with Gasteiger partial charge in [-0.05, 0) is 12.2 Å². The zero-order valence-corrected chi connectivity index (χ0v) is 15.3. The zero-order chi connectivity index (χ0) is 20.9. The van der Waals surface area contributed by atoms with Crippen molar-refractivity contribution in [3.63, 3.8) is 0 Å². The number of rotatable bonds is 10. The lowest BCUT2D eigenvalue weighted by molar-refractivity contribution is -0.137. The lowest BCUT2D eigenvalue weighted by Crippen LogP contribution is -2.47. The number of hydrogen-bond donors (Lipinski definition) is 6. The van der Waals surface area contributed by atoms with Gasteiger partial charge in [0.25, 0.3) is 5.56 Å². The molecular formula is C13H18N2O10S2. The van der Waals surface area contributed by atoms with Gasteiger partial charge in [-0.2, -0.15) is 8.42 Å². The average Bonchev–Trinajstić information content (AvgIpc) is 2.57. The summed E-state index contributed by atoms with van der Waals surface area (Å²) in [5.41, 5.74) is -1.50. The number of allylic oxidation sites excluding steroid dienone is 1. The molecule has 27 heavy (non-hydrogen) atoms. The van der Waals surface area contributed by atoms with Gasteiger partial charge >= 0.3 is 10.4 Å². The molecule has 0 amide bonds. The smallest absolute Gasteiger partial charge is 0.398 e. The monoisotopic (exact) mass is 426 g/mol. The Hall–Kier alpha value is -1.94. The summed E-state index contributed by atoms with van der Waals surface area (Å²) in [5, 5.41) is 38.2. The first kappa shape index (κ1) is 23.1. The third kappa shape index (κ3) is 6.03. The number of aliphatic hydroxyl groups is 3. The molecule has 152 valence electrons. The first-order valence-corrected chi connectivity index (χ1v) is 9.01. The number of carbonyl (C=O) groups excluding carboxylic acids is 1. The molecule has 0 spiro atoms. The Bertz CT molecular complexity index is 920. The summed E-state index contributed by atoms with van der Waals surface area (Å²) in [6.45, 7) is 2.35. The van der Waals surface area contributed by atoms with E-state index in [2.05, 4.69) is 15.7 Å². The van der Waals surface area contributed by atoms with Crippen molar-refractivity contribution in [1.82, 2.24) is 9.55 Å². The summed E-state index contributed by atoms with van der Waals surface area (Å²) in [6.07, 6.45) is -6.23. The van der Waals surface area contributed by atoms with Crippen LogP contribution < -0.4 is 5.56 Å². The molecule has 14 heteroatoms. The topological polar surface area (TPSA) is 199 Å². The van der Waals surface area contributed by atoms with Crippen molar-refractivity contribution in [3.05, 3.63) is 33.3 Å². The van der Waals surface area contributed by atoms with Crippen LogP contribution in [-0.2, 0) is 32.3 Å². The van der Waals surface area contributed by atoms with E-state index in [1.54, 1.807) is 0 Å². The highest BCUT2D eigenvalue weighted by atomic mass is 32.3. The molecule has 0 saturated heterocycles. The maximum absolute atomic E-state index is 12.3. The SMILES string of the molecule is C=CCn1c(O)c(CC(=O)[C@@H](OS(=O)(=O)O)[C@H](O)[C@H](O)CO)c(=O)[nH]c1=S. The Labute approximate surface area is 157 Å². The lowest BCUT2D eigenvalue weighted by atomic mass is 10.00. The molecule has 1 heterocycles. The number of nitrogens with one attached hydrogen (secondary N) is 1. The second kappa shape index (κ2) is 9.32. The van der Waals surface area contributed by atoms with E-state index >= 15 is 0 Å². The van der Waals surface area contributed by atoms with E-state index in [1.807, 2.05) is 0 Å². The molecule has 3 atom stereocenters. The molecule has 0 radical (unpaired) electrons. The Kier molecular flexibility index (Phi) is 7.97. The van der Waals surface area contributed by atoms with Gasteiger partial charge in [0.1, 0.15) is 12.2 Å². The van der Waals surface area contributed by atoms with Gasteiger partial charge in [0.15, 0.2) is 16.7 Å². The molecule has 0 aliphatic heterocycles. The maximum atomic E-state index is 12.3. The van der Waals surface area contributed by atoms with E-state index < -0.39 is 64.5 Å². The molecule has 0 aliphatic rings. The maximum Gasteiger partial charge on any atom is 0.398 e. The van der Waals surface area contributed by atoms with Crippen LogP contribution in [0, 0.1) is 4.77 Å². The van der Waals surface area contributed by atoms with E-state index in [0.29, 0.717) is 0 Å². The van der Waals surface area contributed by atoms with Crippen LogP contribution in [0.4, 0.5) is 0 Å². The normalized spacial score (nSPS) is 15.1. The lowest BCUT2D eigenvalue weighted by Gasteiger charge is -2.23. The number of nitrogens with zero attached hydrogens (tertiary/aromatic N) is 1. The van der Waals surface area contributed by atoms with Gasteiger partial charge in [0.2, 0.25) is 5.88 Å². The number of ketones is 1. The minimum absolute atomic E-state index is 0.0283. The molecule has 0 bridgehead atoms. The number of aliphatic hydroxyl groups excluding tert-OH is 3. The fourth-order valence-corrected chi connectivity index (χ4v) is 2.81. The summed E-state index contributed by atoms with van der Waals surface area (Å²) in [6, 6.07) is 0. The molecule has 0 fully saturated rings. The second-order valence-electron chi connectivity index (χ2n) is 5.29. The first-order chi connectivity index (χ1) is 12.4. The van der Waals surface area contributed by atoms with Crippen LogP contribution in [0.2, 0.25) is 0 Å². The molecule has 0 unspecified atom stereocenters. The summed E-state index contributed by atoms with van der Waals surface area (Å²) in [5.74, 6) is -2.00. The van der Waals surface area contributed by atoms with Gasteiger partial charge in [0.05, 0.1) is 12.2 Å². The third-order valence-corrected chi connectivity index (χ3v) is 4.14. The Morgan fingerprint density at radius 1 is 1.41 bits per heavy atom. The van der Waals surface area contributed by atoms with Gasteiger partial charge in [-0.15, -0.1) is 6.58 Å². The Balaban J connectivity index is 3.33. The summed E-state index contributed by atoms with van der Waals surface area (Å²) in [4.78, 5) is 26.5. The largest absolute Gasteiger partial charge is 0.494 e. The molecule has 0 saturated carbocycles. The third-order valence-electron chi connectivity index (χ3n) is 3.36. The number of H-pyrrole nitrogens is 1. The van der Waals surface area contributed by atoms with E-state index in [9.17, 15) is 33.3 Å². The van der Waals surface area contributed by atoms with E-state index in [0.717, 1.165) is 4.57 Å². The molecule has 0 aromatic carbocycles. The van der Waals surface area contributed by atoms with Crippen LogP contribution >= 0.6 is 12.2 Å². The van der Waals surface area contributed by atoms with Gasteiger partial charge in [0, 0.05) is 13.0 Å². The standard InChI is InChI=1S/C13H18N2O10S2/c1-2-3-15-12(21)6(11(20)14-13(15)26)4-7(17)10(25-27(22,23)24)9(19)8(18)5-16/h2,8-10,16,18-19,21H,1,3-5H2,(H,14,20,26)(H,22,23,24)/t8-,9-,10-/m1/s1. The van der Waals surface area contributed by atoms with E-state index in [-0.39, 0.29) is 11.3 Å². The van der Waals surface area contributed by atoms with Gasteiger partial charge in [-0.25, -0.2) is 4.18 Å². The van der Waals surface area contributed by atoms with Crippen LogP contribution in [-0.4, -0.2) is 73.6 Å². The highest BCUT2D eigenvalue weighted by molar-refractivity contribution is 7.80. The van der Waals surface area contributed by atoms with Crippen molar-refractivity contribution in [2.75, 3.05) is 6.61 Å². The predicted molar refractivity (Wildman–Crippen MR) is 92.0 cm³/mol. The second-order valence-corrected chi connectivity index (χ2v) is 6.72. The van der Waals surface area contributed by atoms with Gasteiger partial charge < -0.3 is 20.4 Å². The number of hydrogen-bond acceptors (Lipinski definition) is 10. The van der Waals surface area contributed by atoms with E-state index in [1.165, 1.54) is 6.08 Å². The van der Waals surface area contributed by atoms with Crippen molar-refractivity contribution in [1.29, 1.82) is 0 Å². The van der Waals surface area contributed by atoms with Crippen LogP contribution in [0.25, 0.3) is 0 Å². The first-order valence-electron chi connectivity index (χ1n) is 7.24. The van der Waals surface area contributed by atoms with Gasteiger partial charge in [-0.3, -0.25) is 23.7 Å². The van der Waals surface area contributed by atoms with Crippen molar-refractivity contribution < 1.29 is 42.4 Å². The number of aromatic nitrogens is 2. The highest BCUT2D eigenvalue weighted by Gasteiger charge is 2.37. The molecule has 6 N–H and O–H groups in total. The quantitative estimate of drug-likeness (QED) is 0.135. The predicted octanol–water partition coefficient (Wildman–Crippen LogP) is -2.19. The highest BCUT2D eigenvalue weighted by Crippen LogP contribution is 2.17. The summed E-state index contributed by atoms with van der Waals surface area (Å²) in [7, 11) is -5.25. The van der Waals surface area contributed by atoms with Crippen molar-refractivity contribution >= 4 is 28.4 Å². The fraction of sp³-hybridized carbons (Fsp3) is 0.462.